The Hall–Kier alpha value is -2.71. The van der Waals surface area contributed by atoms with Crippen molar-refractivity contribution in [1.82, 2.24) is 9.97 Å². The maximum Gasteiger partial charge on any atom is 0.197 e. The molecule has 25 heavy (non-hydrogen) atoms. The van der Waals surface area contributed by atoms with E-state index < -0.39 is 5.23 Å². The van der Waals surface area contributed by atoms with Gasteiger partial charge in [0.25, 0.3) is 0 Å². The zero-order valence-corrected chi connectivity index (χ0v) is 14.2. The van der Waals surface area contributed by atoms with Gasteiger partial charge in [0.2, 0.25) is 0 Å². The molecule has 0 aliphatic carbocycles. The first kappa shape index (κ1) is 17.1. The van der Waals surface area contributed by atoms with Crippen molar-refractivity contribution < 1.29 is 15.2 Å². The Morgan fingerprint density at radius 3 is 2.88 bits per heavy atom. The third-order valence-corrected chi connectivity index (χ3v) is 4.71. The number of aryl methyl sites for hydroxylation is 1. The maximum absolute atomic E-state index is 12.5. The lowest BCUT2D eigenvalue weighted by atomic mass is 10.1. The van der Waals surface area contributed by atoms with Gasteiger partial charge < -0.3 is 5.21 Å². The summed E-state index contributed by atoms with van der Waals surface area (Å²) < 4.78 is 0. The Morgan fingerprint density at radius 2 is 2.16 bits per heavy atom. The molecule has 2 N–H and O–H groups in total. The first-order chi connectivity index (χ1) is 12.0. The van der Waals surface area contributed by atoms with Crippen LogP contribution in [-0.4, -0.2) is 21.0 Å². The zero-order chi connectivity index (χ0) is 17.8. The molecule has 126 valence electrons. The van der Waals surface area contributed by atoms with E-state index in [4.69, 9.17) is 5.21 Å². The molecule has 0 aliphatic heterocycles. The lowest BCUT2D eigenvalue weighted by Gasteiger charge is -2.11. The van der Waals surface area contributed by atoms with Gasteiger partial charge in [0.15, 0.2) is 11.5 Å². The number of hydrogen-bond acceptors (Lipinski definition) is 6. The molecule has 2 aromatic heterocycles. The van der Waals surface area contributed by atoms with Crippen LogP contribution in [0.3, 0.4) is 0 Å². The minimum Gasteiger partial charge on any atom is -0.595 e. The van der Waals surface area contributed by atoms with Gasteiger partial charge in [-0.3, -0.25) is 9.78 Å². The second-order valence-corrected chi connectivity index (χ2v) is 6.30. The summed E-state index contributed by atoms with van der Waals surface area (Å²) >= 11 is 1.32. The number of carbonyl (C=O) groups excluding carboxylic acids is 1. The Kier molecular flexibility index (Phi) is 5.11. The summed E-state index contributed by atoms with van der Waals surface area (Å²) in [5, 5.41) is 19.7. The van der Waals surface area contributed by atoms with E-state index in [1.54, 1.807) is 37.5 Å². The fraction of sp³-hybridized carbons (Fsp3) is 0.0556. The van der Waals surface area contributed by atoms with Crippen LogP contribution in [0.25, 0.3) is 16.6 Å². The van der Waals surface area contributed by atoms with Crippen molar-refractivity contribution in [2.75, 3.05) is 0 Å². The molecular weight excluding hydrogens is 338 g/mol. The number of thiazole rings is 1. The highest BCUT2D eigenvalue weighted by molar-refractivity contribution is 7.17. The van der Waals surface area contributed by atoms with E-state index in [2.05, 4.69) is 9.97 Å². The van der Waals surface area contributed by atoms with Crippen molar-refractivity contribution in [2.45, 2.75) is 6.92 Å². The predicted octanol–water partition coefficient (Wildman–Crippen LogP) is 2.81. The molecule has 1 unspecified atom stereocenters. The molecule has 6 nitrogen and oxygen atoms in total. The number of nitrogens with one attached hydrogen (secondary N) is 1. The molecule has 3 aromatic rings. The van der Waals surface area contributed by atoms with E-state index in [9.17, 15) is 10.0 Å². The molecular formula is C18H15N3O3S. The fourth-order valence-corrected chi connectivity index (χ4v) is 3.24. The number of benzene rings is 1. The monoisotopic (exact) mass is 353 g/mol. The van der Waals surface area contributed by atoms with Gasteiger partial charge in [-0.05, 0) is 30.7 Å². The minimum absolute atomic E-state index is 0.161. The largest absolute Gasteiger partial charge is 0.595 e. The van der Waals surface area contributed by atoms with Crippen molar-refractivity contribution in [3.63, 3.8) is 0 Å². The van der Waals surface area contributed by atoms with Gasteiger partial charge in [-0.2, -0.15) is 5.23 Å². The molecule has 0 saturated carbocycles. The van der Waals surface area contributed by atoms with E-state index >= 15 is 0 Å². The number of hydrogen-bond donors (Lipinski definition) is 2. The third kappa shape index (κ3) is 4.04. The summed E-state index contributed by atoms with van der Waals surface area (Å²) in [7, 11) is 0. The average molecular weight is 353 g/mol. The maximum atomic E-state index is 12.5. The van der Waals surface area contributed by atoms with Crippen LogP contribution < -0.4 is 5.23 Å². The number of ketones is 1. The second kappa shape index (κ2) is 7.45. The smallest absolute Gasteiger partial charge is 0.197 e. The van der Waals surface area contributed by atoms with Crippen molar-refractivity contribution in [3.05, 3.63) is 76.2 Å². The number of quaternary nitrogens is 1. The van der Waals surface area contributed by atoms with E-state index in [-0.39, 0.29) is 11.5 Å². The Morgan fingerprint density at radius 1 is 1.32 bits per heavy atom. The fourth-order valence-electron chi connectivity index (χ4n) is 2.26. The van der Waals surface area contributed by atoms with Crippen LogP contribution in [0, 0.1) is 12.1 Å². The van der Waals surface area contributed by atoms with Crippen molar-refractivity contribution in [3.8, 4) is 10.6 Å². The molecule has 0 radical (unpaired) electrons. The number of aromatic nitrogens is 2. The van der Waals surface area contributed by atoms with Gasteiger partial charge in [-0.1, -0.05) is 18.2 Å². The number of carbonyl (C=O) groups is 1. The molecule has 3 rings (SSSR count). The van der Waals surface area contributed by atoms with Gasteiger partial charge in [0.1, 0.15) is 5.01 Å². The summed E-state index contributed by atoms with van der Waals surface area (Å²) in [6.45, 7) is 1.79. The van der Waals surface area contributed by atoms with Crippen molar-refractivity contribution in [2.24, 2.45) is 0 Å². The Labute approximate surface area is 148 Å². The number of rotatable bonds is 5. The first-order valence-corrected chi connectivity index (χ1v) is 8.30. The molecule has 0 fully saturated rings. The standard InChI is InChI=1S/C18H15N3O3S/c1-12-17(25-18(20-12)14-5-3-9-19-11-14)16(22)8-7-13-4-2-6-15(10-13)21(23)24/h2-11,21,23H,1H3/b8-7+. The first-order valence-electron chi connectivity index (χ1n) is 7.48. The van der Waals surface area contributed by atoms with E-state index in [1.165, 1.54) is 29.5 Å². The van der Waals surface area contributed by atoms with Gasteiger partial charge >= 0.3 is 0 Å². The van der Waals surface area contributed by atoms with Crippen LogP contribution in [0.1, 0.15) is 20.9 Å². The molecule has 0 spiro atoms. The number of pyridine rings is 1. The van der Waals surface area contributed by atoms with Crippen LogP contribution in [0.2, 0.25) is 0 Å². The average Bonchev–Trinajstić information content (AvgIpc) is 3.02. The van der Waals surface area contributed by atoms with Crippen molar-refractivity contribution >= 4 is 28.9 Å². The van der Waals surface area contributed by atoms with E-state index in [0.29, 0.717) is 16.1 Å². The Bertz CT molecular complexity index is 920. The van der Waals surface area contributed by atoms with Gasteiger partial charge in [-0.25, -0.2) is 10.2 Å². The van der Waals surface area contributed by atoms with Gasteiger partial charge in [0.05, 0.1) is 10.6 Å². The SMILES string of the molecule is Cc1nc(-c2cccnc2)sc1C(=O)/C=C/c1cccc([NH+]([O-])O)c1. The van der Waals surface area contributed by atoms with Gasteiger partial charge in [0, 0.05) is 30.1 Å². The lowest BCUT2D eigenvalue weighted by molar-refractivity contribution is -0.991. The molecule has 0 bridgehead atoms. The summed E-state index contributed by atoms with van der Waals surface area (Å²) in [4.78, 5) is 21.5. The van der Waals surface area contributed by atoms with Gasteiger partial charge in [-0.15, -0.1) is 11.3 Å². The molecule has 0 saturated heterocycles. The summed E-state index contributed by atoms with van der Waals surface area (Å²) in [5.74, 6) is -0.161. The summed E-state index contributed by atoms with van der Waals surface area (Å²) in [6, 6.07) is 10.1. The van der Waals surface area contributed by atoms with Crippen LogP contribution in [-0.2, 0) is 0 Å². The molecule has 2 heterocycles. The third-order valence-electron chi connectivity index (χ3n) is 3.49. The lowest BCUT2D eigenvalue weighted by Crippen LogP contribution is -2.99. The highest BCUT2D eigenvalue weighted by atomic mass is 32.1. The summed E-state index contributed by atoms with van der Waals surface area (Å²) in [6.07, 6.45) is 6.44. The highest BCUT2D eigenvalue weighted by Crippen LogP contribution is 2.28. The van der Waals surface area contributed by atoms with Crippen molar-refractivity contribution in [1.29, 1.82) is 0 Å². The molecule has 0 aliphatic rings. The number of allylic oxidation sites excluding steroid dienone is 1. The minimum atomic E-state index is -0.999. The topological polar surface area (TPSA) is 90.6 Å². The van der Waals surface area contributed by atoms with Crippen LogP contribution in [0.4, 0.5) is 5.69 Å². The molecule has 0 amide bonds. The normalized spacial score (nSPS) is 12.4. The highest BCUT2D eigenvalue weighted by Gasteiger charge is 2.14. The second-order valence-electron chi connectivity index (χ2n) is 5.30. The predicted molar refractivity (Wildman–Crippen MR) is 95.7 cm³/mol. The van der Waals surface area contributed by atoms with Crippen LogP contribution in [0.15, 0.2) is 54.9 Å². The molecule has 7 heteroatoms. The number of nitrogens with zero attached hydrogens (tertiary/aromatic N) is 2. The quantitative estimate of drug-likeness (QED) is 0.418. The van der Waals surface area contributed by atoms with E-state index in [1.807, 2.05) is 12.1 Å². The van der Waals surface area contributed by atoms with Crippen LogP contribution in [0.5, 0.6) is 0 Å². The van der Waals surface area contributed by atoms with E-state index in [0.717, 1.165) is 10.6 Å². The summed E-state index contributed by atoms with van der Waals surface area (Å²) in [5.41, 5.74) is 2.37. The van der Waals surface area contributed by atoms with Crippen LogP contribution >= 0.6 is 11.3 Å². The molecule has 1 atom stereocenters. The molecule has 1 aromatic carbocycles. The zero-order valence-electron chi connectivity index (χ0n) is 13.3. The Balaban J connectivity index is 1.82.